The first-order valence-electron chi connectivity index (χ1n) is 11.6. The molecule has 0 bridgehead atoms. The summed E-state index contributed by atoms with van der Waals surface area (Å²) in [5, 5.41) is -0.914. The van der Waals surface area contributed by atoms with Gasteiger partial charge in [0.2, 0.25) is 0 Å². The van der Waals surface area contributed by atoms with Gasteiger partial charge in [0.1, 0.15) is 0 Å². The predicted molar refractivity (Wildman–Crippen MR) is 195 cm³/mol. The third-order valence-corrected chi connectivity index (χ3v) is 1.15. The molecule has 0 aromatic heterocycles. The monoisotopic (exact) mass is 1370 g/mol. The van der Waals surface area contributed by atoms with Gasteiger partial charge in [-0.25, -0.2) is 0 Å². The van der Waals surface area contributed by atoms with Gasteiger partial charge in [0.05, 0.1) is 0 Å². The van der Waals surface area contributed by atoms with Crippen LogP contribution >= 0.6 is 0 Å². The van der Waals surface area contributed by atoms with Crippen LogP contribution < -0.4 is 0 Å². The Bertz CT molecular complexity index is 194. The molecule has 0 aromatic carbocycles. The summed E-state index contributed by atoms with van der Waals surface area (Å²) in [5.74, 6) is 0. The second kappa shape index (κ2) is 202. The first kappa shape index (κ1) is 155. The van der Waals surface area contributed by atoms with Gasteiger partial charge in [0.25, 0.3) is 0 Å². The molecule has 0 aliphatic rings. The van der Waals surface area contributed by atoms with Gasteiger partial charge in [-0.05, 0) is 0 Å². The second-order valence-electron chi connectivity index (χ2n) is 3.98. The Hall–Kier alpha value is 11.7. The van der Waals surface area contributed by atoms with Crippen molar-refractivity contribution in [3.8, 4) is 0 Å². The molecule has 20 heteroatoms. The molecule has 0 saturated heterocycles. The summed E-state index contributed by atoms with van der Waals surface area (Å²) in [6.45, 7) is 40.5. The van der Waals surface area contributed by atoms with Crippen molar-refractivity contribution in [1.29, 1.82) is 0 Å². The summed E-state index contributed by atoms with van der Waals surface area (Å²) in [7, 11) is 32.1. The number of hydrogen-bond donors (Lipinski definition) is 0. The normalized spacial score (nSPS) is 5.60. The van der Waals surface area contributed by atoms with E-state index < -0.39 is 11.4 Å². The Labute approximate surface area is 558 Å². The molecule has 0 fully saturated rings. The van der Waals surface area contributed by atoms with Crippen LogP contribution in [-0.4, -0.2) is 73.8 Å². The second-order valence-corrected chi connectivity index (χ2v) is 3.98. The van der Waals surface area contributed by atoms with E-state index in [0.29, 0.717) is 0 Å². The fourth-order valence-corrected chi connectivity index (χ4v) is 0.667. The maximum atomic E-state index is 5.65. The van der Waals surface area contributed by atoms with Crippen molar-refractivity contribution >= 4 is 73.8 Å². The van der Waals surface area contributed by atoms with E-state index in [9.17, 15) is 0 Å². The predicted octanol–water partition coefficient (Wildman–Crippen LogP) is 7.58. The third kappa shape index (κ3) is 286. The van der Waals surface area contributed by atoms with E-state index in [1.807, 2.05) is 69.2 Å². The summed E-state index contributed by atoms with van der Waals surface area (Å²) >= 11 is 0. The van der Waals surface area contributed by atoms with Crippen LogP contribution in [0.4, 0.5) is 0 Å². The number of rotatable bonds is 5. The molecule has 0 aliphatic carbocycles. The molecule has 232 valence electrons. The van der Waals surface area contributed by atoms with E-state index in [-0.39, 0.29) is 357 Å². The van der Waals surface area contributed by atoms with E-state index in [0.717, 1.165) is 25.7 Å². The van der Waals surface area contributed by atoms with Crippen molar-refractivity contribution in [2.45, 2.75) is 130 Å². The summed E-state index contributed by atoms with van der Waals surface area (Å²) in [4.78, 5) is 0. The minimum Gasteiger partial charge on any atom is -0.372 e. The molecule has 45 heavy (non-hydrogen) atoms. The summed E-state index contributed by atoms with van der Waals surface area (Å²) < 4.78 is 0. The van der Waals surface area contributed by atoms with Crippen molar-refractivity contribution in [2.75, 3.05) is 0 Å². The van der Waals surface area contributed by atoms with Crippen LogP contribution in [0.5, 0.6) is 0 Å². The maximum absolute atomic E-state index is 5.65. The molecule has 0 N–H and O–H groups in total. The fraction of sp³-hybridized carbons (Fsp3) is 0.760. The molecule has 0 saturated carbocycles. The van der Waals surface area contributed by atoms with Gasteiger partial charge in [-0.3, -0.25) is 0 Å². The zero-order chi connectivity index (χ0) is 27.7. The van der Waals surface area contributed by atoms with Crippen molar-refractivity contribution in [2.24, 2.45) is 0 Å². The van der Waals surface area contributed by atoms with Gasteiger partial charge < -0.3 is 54.4 Å². The van der Waals surface area contributed by atoms with Crippen LogP contribution in [0.15, 0.2) is 0 Å². The SMILES string of the molecule is C.C.C.C.CC.CC.CC.CC.[B][B][B]C([B])([B][B])[B]B([B])[B].[CH2-]CC.[CH2-]CC.[CH2-]C[CH2-].[CH2-]C[CH2-].[Y].[Y].[Y].[Y].[Y].[Y].[Y].[Y].[Y].[Y]. The Morgan fingerprint density at radius 2 is 0.644 bits per heavy atom. The quantitative estimate of drug-likeness (QED) is 0.197. The maximum Gasteiger partial charge on any atom is 0.0410 e. The molecule has 0 heterocycles. The molecule has 24 radical (unpaired) electrons. The standard InChI is InChI=1S/2C3H7.2C3H6.4C2H6.CB10.4CH4.10Y/c4*1-3-2;4*1-2;2-1(7-3,8-10-4)9-11(5)6;;;;;;;;;;;;;;/h2*1,3H2,2H3;2*1-3H2;4*1-2H3;;4*1H4;;;;;;;;;;/q2*-1;2*-2;;;;;;;;;;;;;;;;;;;. The minimum absolute atomic E-state index is 0. The van der Waals surface area contributed by atoms with Crippen molar-refractivity contribution in [3.05, 3.63) is 41.5 Å². The molecule has 0 amide bonds. The van der Waals surface area contributed by atoms with Crippen LogP contribution in [0, 0.1) is 41.5 Å². The first-order chi connectivity index (χ1) is 14.7. The molecule has 1 unspecified atom stereocenters. The first-order valence-corrected chi connectivity index (χ1v) is 11.6. The van der Waals surface area contributed by atoms with E-state index in [1.54, 1.807) is 0 Å². The van der Waals surface area contributed by atoms with Crippen LogP contribution in [0.2, 0.25) is 5.01 Å². The largest absolute Gasteiger partial charge is 0.372 e. The zero-order valence-corrected chi connectivity index (χ0v) is 57.5. The van der Waals surface area contributed by atoms with Crippen molar-refractivity contribution in [3.63, 3.8) is 0 Å². The van der Waals surface area contributed by atoms with Crippen LogP contribution in [0.1, 0.15) is 125 Å². The summed E-state index contributed by atoms with van der Waals surface area (Å²) in [6.07, 6.45) is 2.89. The van der Waals surface area contributed by atoms with Gasteiger partial charge in [0.15, 0.2) is 0 Å². The van der Waals surface area contributed by atoms with Gasteiger partial charge in [-0.2, -0.15) is 17.9 Å². The number of hydrogen-bond acceptors (Lipinski definition) is 0. The third-order valence-electron chi connectivity index (χ3n) is 1.15. The van der Waals surface area contributed by atoms with Crippen LogP contribution in [0.25, 0.3) is 0 Å². The topological polar surface area (TPSA) is 0 Å². The Morgan fingerprint density at radius 1 is 0.511 bits per heavy atom. The molecule has 0 aliphatic heterocycles. The van der Waals surface area contributed by atoms with E-state index >= 15 is 0 Å². The average molecular weight is 1360 g/mol. The van der Waals surface area contributed by atoms with E-state index in [2.05, 4.69) is 41.5 Å². The van der Waals surface area contributed by atoms with Crippen molar-refractivity contribution in [1.82, 2.24) is 0 Å². The van der Waals surface area contributed by atoms with Crippen LogP contribution in [0.3, 0.4) is 0 Å². The molecule has 0 aromatic rings. The van der Waals surface area contributed by atoms with Gasteiger partial charge in [-0.15, -0.1) is 0 Å². The Morgan fingerprint density at radius 3 is 0.711 bits per heavy atom. The molecule has 0 nitrogen and oxygen atoms in total. The average Bonchev–Trinajstić information content (AvgIpc) is 2.76. The van der Waals surface area contributed by atoms with E-state index in [1.165, 1.54) is 28.6 Å². The molecule has 0 rings (SSSR count). The molecular weight excluding hydrogens is 1300 g/mol. The zero-order valence-electron chi connectivity index (χ0n) is 29.1. The van der Waals surface area contributed by atoms with Gasteiger partial charge >= 0.3 is 0 Å². The molecule has 0 spiro atoms. The Balaban J connectivity index is -0.00000000605. The summed E-state index contributed by atoms with van der Waals surface area (Å²) in [5.41, 5.74) is 0. The van der Waals surface area contributed by atoms with Gasteiger partial charge in [-0.1, -0.05) is 98.9 Å². The smallest absolute Gasteiger partial charge is 0.0410 e. The Kier molecular flexibility index (Phi) is 697. The van der Waals surface area contributed by atoms with E-state index in [4.69, 9.17) is 38.8 Å². The van der Waals surface area contributed by atoms with Crippen LogP contribution in [-0.2, 0) is 327 Å². The fourth-order valence-electron chi connectivity index (χ4n) is 0.667. The summed E-state index contributed by atoms with van der Waals surface area (Å²) in [6, 6.07) is 0. The van der Waals surface area contributed by atoms with Crippen molar-refractivity contribution < 1.29 is 327 Å². The molecular formula is C25H66B10Y10-6. The minimum atomic E-state index is -0.914. The molecule has 1 atom stereocenters. The van der Waals surface area contributed by atoms with Gasteiger partial charge in [0, 0.05) is 401 Å².